The van der Waals surface area contributed by atoms with Gasteiger partial charge in [-0.05, 0) is 61.0 Å². The second-order valence-corrected chi connectivity index (χ2v) is 7.21. The highest BCUT2D eigenvalue weighted by molar-refractivity contribution is 7.99. The molecule has 1 fully saturated rings. The van der Waals surface area contributed by atoms with Crippen molar-refractivity contribution >= 4 is 11.8 Å². The summed E-state index contributed by atoms with van der Waals surface area (Å²) >= 11 is 2.06. The van der Waals surface area contributed by atoms with Crippen molar-refractivity contribution in [2.45, 2.75) is 52.9 Å². The van der Waals surface area contributed by atoms with Gasteiger partial charge < -0.3 is 5.73 Å². The van der Waals surface area contributed by atoms with Gasteiger partial charge in [0.15, 0.2) is 0 Å². The zero-order valence-electron chi connectivity index (χ0n) is 10.6. The van der Waals surface area contributed by atoms with Crippen LogP contribution in [-0.2, 0) is 0 Å². The van der Waals surface area contributed by atoms with Crippen LogP contribution in [0.5, 0.6) is 0 Å². The summed E-state index contributed by atoms with van der Waals surface area (Å²) in [7, 11) is 0. The molecule has 1 saturated carbocycles. The van der Waals surface area contributed by atoms with Crippen LogP contribution in [0.25, 0.3) is 0 Å². The van der Waals surface area contributed by atoms with Crippen molar-refractivity contribution in [3.05, 3.63) is 0 Å². The average Bonchev–Trinajstić information content (AvgIpc) is 2.22. The Hall–Kier alpha value is 0.310. The van der Waals surface area contributed by atoms with E-state index in [1.54, 1.807) is 0 Å². The minimum Gasteiger partial charge on any atom is -0.330 e. The molecule has 2 heteroatoms. The normalized spacial score (nSPS) is 24.0. The summed E-state index contributed by atoms with van der Waals surface area (Å²) in [4.78, 5) is 0. The van der Waals surface area contributed by atoms with Gasteiger partial charge in [-0.15, -0.1) is 0 Å². The molecule has 1 nitrogen and oxygen atoms in total. The average molecular weight is 229 g/mol. The molecular formula is C13H27NS. The SMILES string of the molecule is CCSCCC1(CN)CCC(C)(C)CC1. The van der Waals surface area contributed by atoms with E-state index in [4.69, 9.17) is 5.73 Å². The summed E-state index contributed by atoms with van der Waals surface area (Å²) < 4.78 is 0. The quantitative estimate of drug-likeness (QED) is 0.728. The van der Waals surface area contributed by atoms with Crippen LogP contribution in [0.2, 0.25) is 0 Å². The Morgan fingerprint density at radius 1 is 1.13 bits per heavy atom. The molecule has 1 aliphatic rings. The van der Waals surface area contributed by atoms with E-state index in [0.717, 1.165) is 6.54 Å². The summed E-state index contributed by atoms with van der Waals surface area (Å²) in [6, 6.07) is 0. The monoisotopic (exact) mass is 229 g/mol. The van der Waals surface area contributed by atoms with Crippen molar-refractivity contribution in [1.29, 1.82) is 0 Å². The Kier molecular flexibility index (Phi) is 4.98. The molecule has 0 bridgehead atoms. The molecule has 0 aromatic carbocycles. The molecule has 0 saturated heterocycles. The fraction of sp³-hybridized carbons (Fsp3) is 1.00. The van der Waals surface area contributed by atoms with Crippen molar-refractivity contribution in [3.8, 4) is 0 Å². The van der Waals surface area contributed by atoms with Gasteiger partial charge in [0, 0.05) is 0 Å². The Morgan fingerprint density at radius 3 is 2.20 bits per heavy atom. The Balaban J connectivity index is 2.41. The Morgan fingerprint density at radius 2 is 1.73 bits per heavy atom. The third-order valence-corrected chi connectivity index (χ3v) is 4.98. The first kappa shape index (κ1) is 13.4. The third-order valence-electron chi connectivity index (χ3n) is 4.08. The van der Waals surface area contributed by atoms with Crippen molar-refractivity contribution < 1.29 is 0 Å². The molecule has 0 aromatic heterocycles. The number of thioether (sulfide) groups is 1. The molecule has 0 spiro atoms. The molecular weight excluding hydrogens is 202 g/mol. The first-order chi connectivity index (χ1) is 7.04. The van der Waals surface area contributed by atoms with Crippen LogP contribution in [0.1, 0.15) is 52.9 Å². The van der Waals surface area contributed by atoms with Crippen LogP contribution in [0.4, 0.5) is 0 Å². The van der Waals surface area contributed by atoms with Gasteiger partial charge in [-0.3, -0.25) is 0 Å². The van der Waals surface area contributed by atoms with Crippen LogP contribution >= 0.6 is 11.8 Å². The van der Waals surface area contributed by atoms with Gasteiger partial charge in [0.05, 0.1) is 0 Å². The summed E-state index contributed by atoms with van der Waals surface area (Å²) in [5, 5.41) is 0. The summed E-state index contributed by atoms with van der Waals surface area (Å²) in [5.74, 6) is 2.54. The van der Waals surface area contributed by atoms with Crippen molar-refractivity contribution in [2.24, 2.45) is 16.6 Å². The lowest BCUT2D eigenvalue weighted by Crippen LogP contribution is -2.37. The summed E-state index contributed by atoms with van der Waals surface area (Å²) in [6.45, 7) is 7.93. The highest BCUT2D eigenvalue weighted by atomic mass is 32.2. The highest BCUT2D eigenvalue weighted by Gasteiger charge is 2.36. The molecule has 90 valence electrons. The van der Waals surface area contributed by atoms with E-state index >= 15 is 0 Å². The maximum absolute atomic E-state index is 6.00. The second kappa shape index (κ2) is 5.58. The van der Waals surface area contributed by atoms with Crippen molar-refractivity contribution in [3.63, 3.8) is 0 Å². The van der Waals surface area contributed by atoms with E-state index in [1.807, 2.05) is 0 Å². The standard InChI is InChI=1S/C13H27NS/c1-4-15-10-9-13(11-14)7-5-12(2,3)6-8-13/h4-11,14H2,1-3H3. The van der Waals surface area contributed by atoms with Crippen LogP contribution in [0.3, 0.4) is 0 Å². The third kappa shape index (κ3) is 3.99. The van der Waals surface area contributed by atoms with E-state index in [1.165, 1.54) is 43.6 Å². The lowest BCUT2D eigenvalue weighted by atomic mass is 9.64. The molecule has 0 amide bonds. The molecule has 2 N–H and O–H groups in total. The smallest absolute Gasteiger partial charge is 0.00202 e. The second-order valence-electron chi connectivity index (χ2n) is 5.82. The first-order valence-electron chi connectivity index (χ1n) is 6.31. The van der Waals surface area contributed by atoms with Gasteiger partial charge >= 0.3 is 0 Å². The zero-order chi connectivity index (χ0) is 11.4. The van der Waals surface area contributed by atoms with Crippen LogP contribution in [0, 0.1) is 10.8 Å². The van der Waals surface area contributed by atoms with Gasteiger partial charge in [0.25, 0.3) is 0 Å². The number of hydrogen-bond acceptors (Lipinski definition) is 2. The number of rotatable bonds is 5. The molecule has 1 rings (SSSR count). The van der Waals surface area contributed by atoms with Gasteiger partial charge in [-0.1, -0.05) is 20.8 Å². The fourth-order valence-corrected chi connectivity index (χ4v) is 3.31. The largest absolute Gasteiger partial charge is 0.330 e. The van der Waals surface area contributed by atoms with E-state index in [9.17, 15) is 0 Å². The molecule has 0 atom stereocenters. The molecule has 0 unspecified atom stereocenters. The van der Waals surface area contributed by atoms with E-state index in [2.05, 4.69) is 32.5 Å². The minimum atomic E-state index is 0.484. The van der Waals surface area contributed by atoms with Gasteiger partial charge in [0.2, 0.25) is 0 Å². The predicted molar refractivity (Wildman–Crippen MR) is 71.4 cm³/mol. The Labute approximate surface area is 99.6 Å². The molecule has 1 aliphatic carbocycles. The van der Waals surface area contributed by atoms with Crippen LogP contribution < -0.4 is 5.73 Å². The molecule has 15 heavy (non-hydrogen) atoms. The lowest BCUT2D eigenvalue weighted by Gasteiger charge is -2.43. The molecule has 0 aliphatic heterocycles. The first-order valence-corrected chi connectivity index (χ1v) is 7.47. The number of hydrogen-bond donors (Lipinski definition) is 1. The summed E-state index contributed by atoms with van der Waals surface area (Å²) in [5.41, 5.74) is 7.05. The lowest BCUT2D eigenvalue weighted by molar-refractivity contribution is 0.105. The van der Waals surface area contributed by atoms with Crippen molar-refractivity contribution in [1.82, 2.24) is 0 Å². The maximum atomic E-state index is 6.00. The van der Waals surface area contributed by atoms with Gasteiger partial charge in [-0.25, -0.2) is 0 Å². The van der Waals surface area contributed by atoms with Crippen LogP contribution in [0.15, 0.2) is 0 Å². The van der Waals surface area contributed by atoms with Gasteiger partial charge in [-0.2, -0.15) is 11.8 Å². The molecule has 0 aromatic rings. The van der Waals surface area contributed by atoms with E-state index in [0.29, 0.717) is 10.8 Å². The summed E-state index contributed by atoms with van der Waals surface area (Å²) in [6.07, 6.45) is 6.75. The van der Waals surface area contributed by atoms with Crippen LogP contribution in [-0.4, -0.2) is 18.1 Å². The predicted octanol–water partition coefficient (Wildman–Crippen LogP) is 3.67. The zero-order valence-corrected chi connectivity index (χ0v) is 11.5. The van der Waals surface area contributed by atoms with E-state index in [-0.39, 0.29) is 0 Å². The minimum absolute atomic E-state index is 0.484. The highest BCUT2D eigenvalue weighted by Crippen LogP contribution is 2.46. The maximum Gasteiger partial charge on any atom is -0.00202 e. The topological polar surface area (TPSA) is 26.0 Å². The fourth-order valence-electron chi connectivity index (χ4n) is 2.45. The Bertz CT molecular complexity index is 179. The number of nitrogens with two attached hydrogens (primary N) is 1. The molecule has 0 radical (unpaired) electrons. The van der Waals surface area contributed by atoms with E-state index < -0.39 is 0 Å². The van der Waals surface area contributed by atoms with Crippen molar-refractivity contribution in [2.75, 3.05) is 18.1 Å². The molecule has 0 heterocycles. The van der Waals surface area contributed by atoms with Gasteiger partial charge in [0.1, 0.15) is 0 Å².